The standard InChI is InChI=1S/C19H21NO8S/c1-3-25-15-6-5-12(9-16(15)26-4-2)29(23,24)20-14-11-18-17(27-7-8-28-18)10-13(14)19(21)22/h5-6,9-11,20H,3-4,7-8H2,1-2H3,(H,21,22). The van der Waals surface area contributed by atoms with E-state index in [9.17, 15) is 18.3 Å². The highest BCUT2D eigenvalue weighted by atomic mass is 32.2. The molecule has 3 rings (SSSR count). The highest BCUT2D eigenvalue weighted by molar-refractivity contribution is 7.92. The van der Waals surface area contributed by atoms with E-state index in [1.165, 1.54) is 30.3 Å². The zero-order valence-electron chi connectivity index (χ0n) is 15.9. The average Bonchev–Trinajstić information content (AvgIpc) is 2.68. The van der Waals surface area contributed by atoms with Crippen LogP contribution in [0, 0.1) is 0 Å². The van der Waals surface area contributed by atoms with Crippen LogP contribution in [0.15, 0.2) is 35.2 Å². The molecule has 9 nitrogen and oxygen atoms in total. The van der Waals surface area contributed by atoms with E-state index in [4.69, 9.17) is 18.9 Å². The maximum atomic E-state index is 12.9. The Hall–Kier alpha value is -3.14. The average molecular weight is 423 g/mol. The zero-order valence-corrected chi connectivity index (χ0v) is 16.7. The molecule has 0 aliphatic carbocycles. The number of anilines is 1. The van der Waals surface area contributed by atoms with Gasteiger partial charge in [-0.15, -0.1) is 0 Å². The molecule has 0 aromatic heterocycles. The normalized spacial score (nSPS) is 12.9. The van der Waals surface area contributed by atoms with Crippen molar-refractivity contribution < 1.29 is 37.3 Å². The van der Waals surface area contributed by atoms with Crippen LogP contribution in [0.2, 0.25) is 0 Å². The van der Waals surface area contributed by atoms with Crippen LogP contribution in [0.4, 0.5) is 5.69 Å². The van der Waals surface area contributed by atoms with Gasteiger partial charge in [0.25, 0.3) is 10.0 Å². The number of carbonyl (C=O) groups is 1. The number of ether oxygens (including phenoxy) is 4. The molecule has 0 amide bonds. The van der Waals surface area contributed by atoms with Crippen molar-refractivity contribution in [3.8, 4) is 23.0 Å². The number of carboxylic acid groups (broad SMARTS) is 1. The van der Waals surface area contributed by atoms with Gasteiger partial charge in [-0.25, -0.2) is 13.2 Å². The third-order valence-corrected chi connectivity index (χ3v) is 5.35. The van der Waals surface area contributed by atoms with Crippen molar-refractivity contribution >= 4 is 21.7 Å². The molecule has 0 saturated carbocycles. The number of aromatic carboxylic acids is 1. The van der Waals surface area contributed by atoms with Crippen molar-refractivity contribution in [3.63, 3.8) is 0 Å². The number of nitrogens with one attached hydrogen (secondary N) is 1. The molecule has 0 bridgehead atoms. The SMILES string of the molecule is CCOc1ccc(S(=O)(=O)Nc2cc3c(cc2C(=O)O)OCCO3)cc1OCC. The number of hydrogen-bond donors (Lipinski definition) is 2. The van der Waals surface area contributed by atoms with Crippen molar-refractivity contribution in [2.45, 2.75) is 18.7 Å². The van der Waals surface area contributed by atoms with Gasteiger partial charge in [0.15, 0.2) is 23.0 Å². The summed E-state index contributed by atoms with van der Waals surface area (Å²) >= 11 is 0. The molecule has 2 aromatic carbocycles. The van der Waals surface area contributed by atoms with Gasteiger partial charge >= 0.3 is 5.97 Å². The van der Waals surface area contributed by atoms with E-state index in [2.05, 4.69) is 4.72 Å². The second-order valence-electron chi connectivity index (χ2n) is 5.93. The van der Waals surface area contributed by atoms with E-state index in [1.807, 2.05) is 0 Å². The smallest absolute Gasteiger partial charge is 0.337 e. The van der Waals surface area contributed by atoms with Crippen molar-refractivity contribution in [2.75, 3.05) is 31.1 Å². The second kappa shape index (κ2) is 8.48. The summed E-state index contributed by atoms with van der Waals surface area (Å²) in [6.07, 6.45) is 0. The van der Waals surface area contributed by atoms with Crippen LogP contribution in [0.5, 0.6) is 23.0 Å². The molecule has 1 heterocycles. The van der Waals surface area contributed by atoms with Crippen LogP contribution in [0.3, 0.4) is 0 Å². The molecule has 0 radical (unpaired) electrons. The lowest BCUT2D eigenvalue weighted by atomic mass is 10.1. The van der Waals surface area contributed by atoms with Crippen molar-refractivity contribution in [3.05, 3.63) is 35.9 Å². The Bertz CT molecular complexity index is 1020. The van der Waals surface area contributed by atoms with Crippen LogP contribution in [-0.4, -0.2) is 45.9 Å². The Labute approximate surface area is 168 Å². The summed E-state index contributed by atoms with van der Waals surface area (Å²) < 4.78 is 49.8. The monoisotopic (exact) mass is 423 g/mol. The van der Waals surface area contributed by atoms with E-state index in [0.717, 1.165) is 0 Å². The van der Waals surface area contributed by atoms with Crippen LogP contribution >= 0.6 is 0 Å². The van der Waals surface area contributed by atoms with Crippen LogP contribution in [-0.2, 0) is 10.0 Å². The third-order valence-electron chi connectivity index (χ3n) is 3.98. The molecule has 0 saturated heterocycles. The molecule has 1 aliphatic heterocycles. The first-order valence-electron chi connectivity index (χ1n) is 8.95. The van der Waals surface area contributed by atoms with Gasteiger partial charge in [-0.2, -0.15) is 0 Å². The van der Waals surface area contributed by atoms with Gasteiger partial charge in [0.05, 0.1) is 29.4 Å². The van der Waals surface area contributed by atoms with Gasteiger partial charge in [0.2, 0.25) is 0 Å². The second-order valence-corrected chi connectivity index (χ2v) is 7.61. The third kappa shape index (κ3) is 4.48. The number of rotatable bonds is 8. The van der Waals surface area contributed by atoms with Gasteiger partial charge < -0.3 is 24.1 Å². The molecule has 0 atom stereocenters. The minimum atomic E-state index is -4.11. The van der Waals surface area contributed by atoms with Gasteiger partial charge in [0, 0.05) is 18.2 Å². The molecule has 29 heavy (non-hydrogen) atoms. The van der Waals surface area contributed by atoms with Crippen molar-refractivity contribution in [1.29, 1.82) is 0 Å². The van der Waals surface area contributed by atoms with Crippen molar-refractivity contribution in [1.82, 2.24) is 0 Å². The molecule has 0 fully saturated rings. The predicted octanol–water partition coefficient (Wildman–Crippen LogP) is 2.75. The number of carboxylic acids is 1. The molecular weight excluding hydrogens is 402 g/mol. The Morgan fingerprint density at radius 1 is 1.03 bits per heavy atom. The summed E-state index contributed by atoms with van der Waals surface area (Å²) in [5.41, 5.74) is -0.387. The lowest BCUT2D eigenvalue weighted by molar-refractivity contribution is 0.0697. The highest BCUT2D eigenvalue weighted by Crippen LogP contribution is 2.37. The fourth-order valence-electron chi connectivity index (χ4n) is 2.75. The van der Waals surface area contributed by atoms with Crippen LogP contribution in [0.1, 0.15) is 24.2 Å². The summed E-state index contributed by atoms with van der Waals surface area (Å²) in [6, 6.07) is 6.71. The topological polar surface area (TPSA) is 120 Å². The number of sulfonamides is 1. The minimum absolute atomic E-state index is 0.101. The zero-order chi connectivity index (χ0) is 21.0. The molecule has 10 heteroatoms. The number of fused-ring (bicyclic) bond motifs is 1. The van der Waals surface area contributed by atoms with Gasteiger partial charge in [-0.05, 0) is 26.0 Å². The summed E-state index contributed by atoms with van der Waals surface area (Å²) in [5.74, 6) is -0.102. The molecule has 1 aliphatic rings. The fraction of sp³-hybridized carbons (Fsp3) is 0.316. The van der Waals surface area contributed by atoms with E-state index < -0.39 is 16.0 Å². The maximum absolute atomic E-state index is 12.9. The van der Waals surface area contributed by atoms with Crippen LogP contribution in [0.25, 0.3) is 0 Å². The Balaban J connectivity index is 1.99. The summed E-state index contributed by atoms with van der Waals surface area (Å²) in [7, 11) is -4.11. The van der Waals surface area contributed by atoms with E-state index in [1.54, 1.807) is 13.8 Å². The van der Waals surface area contributed by atoms with Crippen molar-refractivity contribution in [2.24, 2.45) is 0 Å². The molecular formula is C19H21NO8S. The van der Waals surface area contributed by atoms with E-state index in [-0.39, 0.29) is 46.6 Å². The van der Waals surface area contributed by atoms with Gasteiger partial charge in [-0.1, -0.05) is 0 Å². The first-order valence-corrected chi connectivity index (χ1v) is 10.4. The summed E-state index contributed by atoms with van der Waals surface area (Å²) in [6.45, 7) is 4.85. The Kier molecular flexibility index (Phi) is 6.02. The quantitative estimate of drug-likeness (QED) is 0.665. The number of hydrogen-bond acceptors (Lipinski definition) is 7. The van der Waals surface area contributed by atoms with Gasteiger partial charge in [-0.3, -0.25) is 4.72 Å². The molecule has 2 N–H and O–H groups in total. The minimum Gasteiger partial charge on any atom is -0.490 e. The lowest BCUT2D eigenvalue weighted by Gasteiger charge is -2.21. The molecule has 0 unspecified atom stereocenters. The predicted molar refractivity (Wildman–Crippen MR) is 104 cm³/mol. The van der Waals surface area contributed by atoms with Gasteiger partial charge in [0.1, 0.15) is 13.2 Å². The van der Waals surface area contributed by atoms with Crippen LogP contribution < -0.4 is 23.7 Å². The maximum Gasteiger partial charge on any atom is 0.337 e. The molecule has 2 aromatic rings. The fourth-order valence-corrected chi connectivity index (χ4v) is 3.84. The van der Waals surface area contributed by atoms with E-state index >= 15 is 0 Å². The highest BCUT2D eigenvalue weighted by Gasteiger charge is 2.24. The van der Waals surface area contributed by atoms with E-state index in [0.29, 0.717) is 19.0 Å². The largest absolute Gasteiger partial charge is 0.490 e. The Morgan fingerprint density at radius 2 is 1.66 bits per heavy atom. The molecule has 156 valence electrons. The first kappa shape index (κ1) is 20.6. The summed E-state index contributed by atoms with van der Waals surface area (Å²) in [5, 5.41) is 9.48. The lowest BCUT2D eigenvalue weighted by Crippen LogP contribution is -2.19. The number of benzene rings is 2. The summed E-state index contributed by atoms with van der Waals surface area (Å²) in [4.78, 5) is 11.5. The first-order chi connectivity index (χ1) is 13.9. The Morgan fingerprint density at radius 3 is 2.28 bits per heavy atom. The molecule has 0 spiro atoms.